The summed E-state index contributed by atoms with van der Waals surface area (Å²) in [7, 11) is 2.12. The second kappa shape index (κ2) is 11.9. The molecule has 2 aromatic carbocycles. The first-order chi connectivity index (χ1) is 19.3. The summed E-state index contributed by atoms with van der Waals surface area (Å²) in [5.41, 5.74) is 4.72. The van der Waals surface area contributed by atoms with E-state index in [2.05, 4.69) is 50.9 Å². The van der Waals surface area contributed by atoms with Crippen molar-refractivity contribution in [2.45, 2.75) is 46.2 Å². The van der Waals surface area contributed by atoms with E-state index in [1.807, 2.05) is 32.0 Å². The number of nitrogens with one attached hydrogen (secondary N) is 1. The summed E-state index contributed by atoms with van der Waals surface area (Å²) < 4.78 is 21.2. The van der Waals surface area contributed by atoms with Crippen molar-refractivity contribution >= 4 is 23.2 Å². The number of amides is 1. The predicted octanol–water partition coefficient (Wildman–Crippen LogP) is 4.77. The van der Waals surface area contributed by atoms with E-state index in [4.69, 9.17) is 4.74 Å². The highest BCUT2D eigenvalue weighted by Gasteiger charge is 2.29. The number of hydrogen-bond donors (Lipinski definition) is 1. The van der Waals surface area contributed by atoms with Gasteiger partial charge in [0.25, 0.3) is 5.91 Å². The second-order valence-corrected chi connectivity index (χ2v) is 10.9. The molecule has 212 valence electrons. The van der Waals surface area contributed by atoms with Gasteiger partial charge < -0.3 is 19.9 Å². The van der Waals surface area contributed by atoms with Gasteiger partial charge in [0, 0.05) is 67.3 Å². The molecule has 1 aromatic heterocycles. The van der Waals surface area contributed by atoms with E-state index in [0.29, 0.717) is 47.2 Å². The molecule has 2 atom stereocenters. The molecule has 0 aliphatic carbocycles. The molecule has 0 unspecified atom stereocenters. The number of ether oxygens (including phenoxy) is 1. The van der Waals surface area contributed by atoms with Crippen LogP contribution in [0.3, 0.4) is 0 Å². The van der Waals surface area contributed by atoms with Gasteiger partial charge in [0.05, 0.1) is 24.6 Å². The highest BCUT2D eigenvalue weighted by Crippen LogP contribution is 2.36. The number of morpholine rings is 1. The Balaban J connectivity index is 1.53. The van der Waals surface area contributed by atoms with Gasteiger partial charge >= 0.3 is 0 Å². The fourth-order valence-corrected chi connectivity index (χ4v) is 5.67. The first kappa shape index (κ1) is 28.0. The summed E-state index contributed by atoms with van der Waals surface area (Å²) in [6.45, 7) is 12.5. The standard InChI is InChI=1S/C31H39FN6O2/c1-6-23-9-7-8-20(2)29(23)30(39)35-27-14-25(24-16-33-31(34-17-24)37-10-12-40-13-11-37)26(32)15-28(27)38-18-21(3)36(5)22(4)19-38/h7-9,14-17,21-22H,6,10-13,18-19H2,1-5H3,(H,35,39)/t21-,22+. The molecule has 8 nitrogen and oxygen atoms in total. The van der Waals surface area contributed by atoms with Crippen molar-refractivity contribution in [3.8, 4) is 11.1 Å². The van der Waals surface area contributed by atoms with Gasteiger partial charge in [-0.05, 0) is 57.5 Å². The van der Waals surface area contributed by atoms with Gasteiger partial charge in [0.2, 0.25) is 5.95 Å². The summed E-state index contributed by atoms with van der Waals surface area (Å²) in [4.78, 5) is 29.3. The average molecular weight is 547 g/mol. The Hall–Kier alpha value is -3.56. The number of carbonyl (C=O) groups is 1. The number of nitrogens with zero attached hydrogens (tertiary/aromatic N) is 5. The van der Waals surface area contributed by atoms with Crippen LogP contribution in [-0.4, -0.2) is 79.3 Å². The third-order valence-electron chi connectivity index (χ3n) is 8.24. The van der Waals surface area contributed by atoms with Crippen LogP contribution in [0.2, 0.25) is 0 Å². The van der Waals surface area contributed by atoms with E-state index in [1.54, 1.807) is 24.5 Å². The SMILES string of the molecule is CCc1cccc(C)c1C(=O)Nc1cc(-c2cnc(N3CCOCC3)nc2)c(F)cc1N1C[C@@H](C)N(C)[C@@H](C)C1. The topological polar surface area (TPSA) is 73.8 Å². The molecular formula is C31H39FN6O2. The lowest BCUT2D eigenvalue weighted by Crippen LogP contribution is -2.55. The third-order valence-corrected chi connectivity index (χ3v) is 8.24. The molecular weight excluding hydrogens is 507 g/mol. The highest BCUT2D eigenvalue weighted by molar-refractivity contribution is 6.08. The van der Waals surface area contributed by atoms with E-state index in [-0.39, 0.29) is 23.8 Å². The van der Waals surface area contributed by atoms with Gasteiger partial charge in [-0.2, -0.15) is 0 Å². The van der Waals surface area contributed by atoms with Crippen molar-refractivity contribution in [2.24, 2.45) is 0 Å². The first-order valence-electron chi connectivity index (χ1n) is 14.1. The zero-order valence-corrected chi connectivity index (χ0v) is 24.1. The minimum atomic E-state index is -0.375. The van der Waals surface area contributed by atoms with Crippen LogP contribution in [0, 0.1) is 12.7 Å². The third kappa shape index (κ3) is 5.67. The molecule has 1 amide bonds. The van der Waals surface area contributed by atoms with Crippen LogP contribution in [0.25, 0.3) is 11.1 Å². The maximum absolute atomic E-state index is 15.8. The fourth-order valence-electron chi connectivity index (χ4n) is 5.67. The molecule has 1 N–H and O–H groups in total. The molecule has 2 fully saturated rings. The summed E-state index contributed by atoms with van der Waals surface area (Å²) in [5.74, 6) is 0.0349. The van der Waals surface area contributed by atoms with Crippen LogP contribution in [0.4, 0.5) is 21.7 Å². The number of anilines is 3. The molecule has 0 spiro atoms. The smallest absolute Gasteiger partial charge is 0.256 e. The monoisotopic (exact) mass is 546 g/mol. The maximum Gasteiger partial charge on any atom is 0.256 e. The number of hydrogen-bond acceptors (Lipinski definition) is 7. The van der Waals surface area contributed by atoms with Gasteiger partial charge in [0.15, 0.2) is 0 Å². The van der Waals surface area contributed by atoms with Crippen molar-refractivity contribution in [1.29, 1.82) is 0 Å². The number of halogens is 1. The Morgan fingerprint density at radius 1 is 1.07 bits per heavy atom. The summed E-state index contributed by atoms with van der Waals surface area (Å²) in [6.07, 6.45) is 4.04. The van der Waals surface area contributed by atoms with Crippen molar-refractivity contribution in [3.05, 3.63) is 65.2 Å². The molecule has 0 bridgehead atoms. The average Bonchev–Trinajstić information content (AvgIpc) is 2.96. The Labute approximate surface area is 236 Å². The maximum atomic E-state index is 15.8. The number of benzene rings is 2. The molecule has 0 radical (unpaired) electrons. The molecule has 2 aliphatic heterocycles. The molecule has 40 heavy (non-hydrogen) atoms. The van der Waals surface area contributed by atoms with E-state index in [0.717, 1.165) is 43.7 Å². The predicted molar refractivity (Wildman–Crippen MR) is 158 cm³/mol. The Morgan fingerprint density at radius 3 is 2.40 bits per heavy atom. The lowest BCUT2D eigenvalue weighted by Gasteiger charge is -2.44. The highest BCUT2D eigenvalue weighted by atomic mass is 19.1. The zero-order valence-electron chi connectivity index (χ0n) is 24.1. The van der Waals surface area contributed by atoms with Crippen LogP contribution in [0.5, 0.6) is 0 Å². The largest absolute Gasteiger partial charge is 0.378 e. The molecule has 2 aliphatic rings. The van der Waals surface area contributed by atoms with Crippen molar-refractivity contribution in [2.75, 3.05) is 61.6 Å². The molecule has 2 saturated heterocycles. The van der Waals surface area contributed by atoms with Crippen LogP contribution >= 0.6 is 0 Å². The normalized spacial score (nSPS) is 20.1. The molecule has 0 saturated carbocycles. The molecule has 9 heteroatoms. The van der Waals surface area contributed by atoms with Crippen LogP contribution in [0.15, 0.2) is 42.7 Å². The van der Waals surface area contributed by atoms with Crippen LogP contribution in [0.1, 0.15) is 42.3 Å². The van der Waals surface area contributed by atoms with Gasteiger partial charge in [-0.3, -0.25) is 9.69 Å². The Morgan fingerprint density at radius 2 is 1.75 bits per heavy atom. The minimum Gasteiger partial charge on any atom is -0.378 e. The minimum absolute atomic E-state index is 0.192. The number of likely N-dealkylation sites (N-methyl/N-ethyl adjacent to an activating group) is 1. The summed E-state index contributed by atoms with van der Waals surface area (Å²) in [5, 5.41) is 3.16. The van der Waals surface area contributed by atoms with E-state index >= 15 is 4.39 Å². The van der Waals surface area contributed by atoms with Gasteiger partial charge in [0.1, 0.15) is 5.82 Å². The van der Waals surface area contributed by atoms with Crippen molar-refractivity contribution < 1.29 is 13.9 Å². The molecule has 3 aromatic rings. The summed E-state index contributed by atoms with van der Waals surface area (Å²) in [6, 6.07) is 9.73. The quantitative estimate of drug-likeness (QED) is 0.477. The summed E-state index contributed by atoms with van der Waals surface area (Å²) >= 11 is 0. The van der Waals surface area contributed by atoms with Crippen LogP contribution in [-0.2, 0) is 11.2 Å². The van der Waals surface area contributed by atoms with E-state index in [1.165, 1.54) is 0 Å². The van der Waals surface area contributed by atoms with Gasteiger partial charge in [-0.1, -0.05) is 25.1 Å². The van der Waals surface area contributed by atoms with E-state index < -0.39 is 0 Å². The number of carbonyl (C=O) groups excluding carboxylic acids is 1. The lowest BCUT2D eigenvalue weighted by atomic mass is 9.98. The second-order valence-electron chi connectivity index (χ2n) is 10.9. The van der Waals surface area contributed by atoms with Gasteiger partial charge in [-0.25, -0.2) is 14.4 Å². The number of aryl methyl sites for hydroxylation is 2. The number of rotatable bonds is 6. The van der Waals surface area contributed by atoms with E-state index in [9.17, 15) is 4.79 Å². The first-order valence-corrected chi connectivity index (χ1v) is 14.1. The number of piperazine rings is 1. The molecule has 5 rings (SSSR count). The Kier molecular flexibility index (Phi) is 8.32. The lowest BCUT2D eigenvalue weighted by molar-refractivity contribution is 0.102. The molecule has 3 heterocycles. The van der Waals surface area contributed by atoms with Crippen LogP contribution < -0.4 is 15.1 Å². The zero-order chi connectivity index (χ0) is 28.4. The Bertz CT molecular complexity index is 1350. The van der Waals surface area contributed by atoms with Crippen molar-refractivity contribution in [1.82, 2.24) is 14.9 Å². The van der Waals surface area contributed by atoms with Crippen molar-refractivity contribution in [3.63, 3.8) is 0 Å². The number of aromatic nitrogens is 2. The van der Waals surface area contributed by atoms with Gasteiger partial charge in [-0.15, -0.1) is 0 Å². The fraction of sp³-hybridized carbons (Fsp3) is 0.452.